The molecule has 5 rings (SSSR count). The third-order valence-electron chi connectivity index (χ3n) is 7.46. The number of carbonyl (C=O) groups excluding carboxylic acids is 3. The van der Waals surface area contributed by atoms with Gasteiger partial charge in [-0.15, -0.1) is 0 Å². The molecule has 2 aromatic heterocycles. The Morgan fingerprint density at radius 3 is 2.25 bits per heavy atom. The number of carbonyl (C=O) groups is 3. The molecule has 11 heteroatoms. The molecule has 0 atom stereocenters. The Hall–Kier alpha value is -4.93. The first-order valence-corrected chi connectivity index (χ1v) is 14.8. The number of piperidine rings is 1. The van der Waals surface area contributed by atoms with Crippen molar-refractivity contribution in [1.82, 2.24) is 30.5 Å². The molecule has 0 unspecified atom stereocenters. The fourth-order valence-electron chi connectivity index (χ4n) is 5.34. The van der Waals surface area contributed by atoms with Gasteiger partial charge in [0.15, 0.2) is 5.82 Å². The van der Waals surface area contributed by atoms with E-state index in [4.69, 9.17) is 14.7 Å². The van der Waals surface area contributed by atoms with Crippen LogP contribution in [-0.4, -0.2) is 69.5 Å². The van der Waals surface area contributed by atoms with Gasteiger partial charge in [-0.05, 0) is 32.4 Å². The van der Waals surface area contributed by atoms with E-state index in [1.54, 1.807) is 11.0 Å². The Morgan fingerprint density at radius 2 is 1.61 bits per heavy atom. The maximum absolute atomic E-state index is 13.8. The van der Waals surface area contributed by atoms with E-state index in [1.165, 1.54) is 6.92 Å². The van der Waals surface area contributed by atoms with Gasteiger partial charge in [0.05, 0.1) is 5.39 Å². The van der Waals surface area contributed by atoms with Crippen LogP contribution in [-0.2, 0) is 15.1 Å². The molecule has 1 saturated heterocycles. The predicted molar refractivity (Wildman–Crippen MR) is 169 cm³/mol. The van der Waals surface area contributed by atoms with Gasteiger partial charge in [-0.2, -0.15) is 0 Å². The van der Waals surface area contributed by atoms with Crippen molar-refractivity contribution in [3.8, 4) is 11.4 Å². The highest BCUT2D eigenvalue weighted by Crippen LogP contribution is 2.38. The van der Waals surface area contributed by atoms with Gasteiger partial charge in [0.1, 0.15) is 22.8 Å². The fraction of sp³-hybridized carbons (Fsp3) is 0.364. The van der Waals surface area contributed by atoms with Gasteiger partial charge >= 0.3 is 6.09 Å². The van der Waals surface area contributed by atoms with Crippen LogP contribution in [0.1, 0.15) is 56.6 Å². The summed E-state index contributed by atoms with van der Waals surface area (Å²) < 4.78 is 6.11. The lowest BCUT2D eigenvalue weighted by molar-refractivity contribution is -0.118. The van der Waals surface area contributed by atoms with E-state index in [0.717, 1.165) is 11.1 Å². The highest BCUT2D eigenvalue weighted by atomic mass is 16.6. The van der Waals surface area contributed by atoms with E-state index in [2.05, 4.69) is 20.9 Å². The number of anilines is 1. The molecule has 4 N–H and O–H groups in total. The van der Waals surface area contributed by atoms with Gasteiger partial charge < -0.3 is 30.6 Å². The number of amides is 3. The van der Waals surface area contributed by atoms with E-state index in [-0.39, 0.29) is 11.8 Å². The maximum atomic E-state index is 13.8. The summed E-state index contributed by atoms with van der Waals surface area (Å²) in [6, 6.07) is 21.1. The number of hydrogen-bond acceptors (Lipinski definition) is 7. The van der Waals surface area contributed by atoms with Crippen LogP contribution in [0, 0.1) is 0 Å². The zero-order valence-corrected chi connectivity index (χ0v) is 25.6. The van der Waals surface area contributed by atoms with Crippen LogP contribution < -0.4 is 16.0 Å². The summed E-state index contributed by atoms with van der Waals surface area (Å²) in [5.41, 5.74) is 1.37. The second-order valence-electron chi connectivity index (χ2n) is 12.0. The number of ether oxygens (including phenoxy) is 1. The van der Waals surface area contributed by atoms with Crippen molar-refractivity contribution >= 4 is 34.8 Å². The number of nitrogens with one attached hydrogen (secondary N) is 4. The van der Waals surface area contributed by atoms with Crippen LogP contribution >= 0.6 is 0 Å². The van der Waals surface area contributed by atoms with Crippen molar-refractivity contribution in [3.63, 3.8) is 0 Å². The van der Waals surface area contributed by atoms with Crippen LogP contribution in [0.2, 0.25) is 0 Å². The van der Waals surface area contributed by atoms with Crippen LogP contribution in [0.15, 0.2) is 66.7 Å². The monoisotopic (exact) mass is 597 g/mol. The van der Waals surface area contributed by atoms with Crippen LogP contribution in [0.4, 0.5) is 10.6 Å². The average molecular weight is 598 g/mol. The van der Waals surface area contributed by atoms with Crippen molar-refractivity contribution in [1.29, 1.82) is 0 Å². The number of nitrogens with zero attached hydrogens (tertiary/aromatic N) is 3. The summed E-state index contributed by atoms with van der Waals surface area (Å²) >= 11 is 0. The predicted octanol–water partition coefficient (Wildman–Crippen LogP) is 4.83. The first kappa shape index (κ1) is 30.5. The van der Waals surface area contributed by atoms with E-state index >= 15 is 0 Å². The zero-order chi connectivity index (χ0) is 31.3. The van der Waals surface area contributed by atoms with Gasteiger partial charge in [0.2, 0.25) is 5.91 Å². The minimum absolute atomic E-state index is 0.114. The Labute approximate surface area is 256 Å². The molecule has 0 saturated carbocycles. The topological polar surface area (TPSA) is 141 Å². The number of rotatable bonds is 8. The number of hydrogen-bond donors (Lipinski definition) is 4. The minimum Gasteiger partial charge on any atom is -0.438 e. The van der Waals surface area contributed by atoms with Gasteiger partial charge in [0, 0.05) is 57.0 Å². The summed E-state index contributed by atoms with van der Waals surface area (Å²) in [4.78, 5) is 52.4. The first-order chi connectivity index (χ1) is 21.0. The molecule has 0 aliphatic carbocycles. The lowest BCUT2D eigenvalue weighted by Gasteiger charge is -2.41. The molecule has 0 radical (unpaired) electrons. The number of alkyl carbamates (subject to hydrolysis) is 1. The zero-order valence-electron chi connectivity index (χ0n) is 25.6. The number of H-pyrrole nitrogens is 1. The second-order valence-corrected chi connectivity index (χ2v) is 12.0. The molecular weight excluding hydrogens is 558 g/mol. The third-order valence-corrected chi connectivity index (χ3v) is 7.46. The summed E-state index contributed by atoms with van der Waals surface area (Å²) in [5.74, 6) is 0.790. The molecule has 4 aromatic rings. The molecular formula is C33H39N7O4. The fourth-order valence-corrected chi connectivity index (χ4v) is 5.34. The molecule has 1 fully saturated rings. The Morgan fingerprint density at radius 1 is 0.955 bits per heavy atom. The normalized spacial score (nSPS) is 14.6. The second kappa shape index (κ2) is 12.7. The summed E-state index contributed by atoms with van der Waals surface area (Å²) in [6.07, 6.45) is 0.422. The van der Waals surface area contributed by atoms with Crippen LogP contribution in [0.5, 0.6) is 0 Å². The van der Waals surface area contributed by atoms with Gasteiger partial charge in [0.25, 0.3) is 5.91 Å². The molecule has 3 amide bonds. The lowest BCUT2D eigenvalue weighted by Crippen LogP contribution is -2.50. The Bertz CT molecular complexity index is 1620. The molecule has 1 aliphatic heterocycles. The summed E-state index contributed by atoms with van der Waals surface area (Å²) in [6.45, 7) is 8.85. The molecule has 1 aliphatic rings. The van der Waals surface area contributed by atoms with Crippen molar-refractivity contribution in [3.05, 3.63) is 78.0 Å². The quantitative estimate of drug-likeness (QED) is 0.213. The van der Waals surface area contributed by atoms with Crippen LogP contribution in [0.3, 0.4) is 0 Å². The van der Waals surface area contributed by atoms with Crippen LogP contribution in [0.25, 0.3) is 22.4 Å². The lowest BCUT2D eigenvalue weighted by atomic mass is 9.84. The first-order valence-electron chi connectivity index (χ1n) is 14.8. The average Bonchev–Trinajstić information content (AvgIpc) is 3.44. The minimum atomic E-state index is -0.852. The largest absolute Gasteiger partial charge is 0.438 e. The van der Waals surface area contributed by atoms with Crippen molar-refractivity contribution in [2.45, 2.75) is 51.7 Å². The van der Waals surface area contributed by atoms with E-state index in [0.29, 0.717) is 67.4 Å². The smallest absolute Gasteiger partial charge is 0.408 e. The molecule has 2 aromatic carbocycles. The highest BCUT2D eigenvalue weighted by Gasteiger charge is 2.41. The third kappa shape index (κ3) is 7.16. The van der Waals surface area contributed by atoms with E-state index < -0.39 is 17.2 Å². The van der Waals surface area contributed by atoms with Crippen molar-refractivity contribution in [2.75, 3.05) is 31.5 Å². The maximum Gasteiger partial charge on any atom is 0.408 e. The summed E-state index contributed by atoms with van der Waals surface area (Å²) in [5, 5.41) is 9.62. The number of fused-ring (bicyclic) bond motifs is 1. The molecule has 44 heavy (non-hydrogen) atoms. The number of benzene rings is 2. The van der Waals surface area contributed by atoms with E-state index in [1.807, 2.05) is 81.4 Å². The van der Waals surface area contributed by atoms with Crippen molar-refractivity contribution < 1.29 is 19.1 Å². The Balaban J connectivity index is 1.38. The van der Waals surface area contributed by atoms with Gasteiger partial charge in [-0.25, -0.2) is 14.8 Å². The standard InChI is InChI=1S/C33H39N7O4/c1-22(41)34-17-18-35-28-25-21-26(36-29(25)38-27(37-28)23-11-7-5-8-12-23)30(42)40-19-15-33(16-20-40,24-13-9-6-10-14-24)44-31(43)39-32(2,3)4/h5-14,21H,15-20H2,1-4H3,(H,34,41)(H,39,43)(H2,35,36,37,38). The SMILES string of the molecule is CC(=O)NCCNc1nc(-c2ccccc2)nc2[nH]c(C(=O)N3CCC(OC(=O)NC(C)(C)C)(c4ccccc4)CC3)cc12. The molecule has 11 nitrogen and oxygen atoms in total. The van der Waals surface area contributed by atoms with Gasteiger partial charge in [-0.1, -0.05) is 60.7 Å². The molecule has 3 heterocycles. The van der Waals surface area contributed by atoms with Crippen molar-refractivity contribution in [2.24, 2.45) is 0 Å². The number of likely N-dealkylation sites (tertiary alicyclic amines) is 1. The number of aromatic nitrogens is 3. The molecule has 0 bridgehead atoms. The highest BCUT2D eigenvalue weighted by molar-refractivity contribution is 6.00. The Kier molecular flexibility index (Phi) is 8.84. The van der Waals surface area contributed by atoms with Gasteiger partial charge in [-0.3, -0.25) is 9.59 Å². The number of aromatic amines is 1. The van der Waals surface area contributed by atoms with E-state index in [9.17, 15) is 14.4 Å². The molecule has 0 spiro atoms. The molecule has 230 valence electrons. The summed E-state index contributed by atoms with van der Waals surface area (Å²) in [7, 11) is 0.